The molecular weight excluding hydrogens is 282 g/mol. The van der Waals surface area contributed by atoms with E-state index in [9.17, 15) is 14.9 Å². The van der Waals surface area contributed by atoms with Crippen LogP contribution in [0.25, 0.3) is 0 Å². The molecule has 110 valence electrons. The predicted octanol–water partition coefficient (Wildman–Crippen LogP) is 1.75. The van der Waals surface area contributed by atoms with Gasteiger partial charge in [-0.05, 0) is 37.9 Å². The highest BCUT2D eigenvalue weighted by molar-refractivity contribution is 5.98. The van der Waals surface area contributed by atoms with Crippen molar-refractivity contribution >= 4 is 24.0 Å². The quantitative estimate of drug-likeness (QED) is 0.655. The number of nitrogens with one attached hydrogen (secondary N) is 2. The molecule has 1 fully saturated rings. The van der Waals surface area contributed by atoms with Crippen molar-refractivity contribution in [3.8, 4) is 0 Å². The Kier molecular flexibility index (Phi) is 6.41. The van der Waals surface area contributed by atoms with Gasteiger partial charge in [-0.15, -0.1) is 12.4 Å². The van der Waals surface area contributed by atoms with E-state index in [-0.39, 0.29) is 29.6 Å². The summed E-state index contributed by atoms with van der Waals surface area (Å²) in [7, 11) is 0. The maximum atomic E-state index is 12.0. The Morgan fingerprint density at radius 1 is 1.45 bits per heavy atom. The average molecular weight is 300 g/mol. The van der Waals surface area contributed by atoms with E-state index in [2.05, 4.69) is 10.6 Å². The summed E-state index contributed by atoms with van der Waals surface area (Å²) < 4.78 is 0. The summed E-state index contributed by atoms with van der Waals surface area (Å²) in [5, 5.41) is 16.9. The van der Waals surface area contributed by atoms with Crippen LogP contribution < -0.4 is 10.6 Å². The molecule has 6 nitrogen and oxygen atoms in total. The zero-order valence-electron chi connectivity index (χ0n) is 11.0. The maximum Gasteiger partial charge on any atom is 0.282 e. The van der Waals surface area contributed by atoms with Gasteiger partial charge in [-0.2, -0.15) is 0 Å². The molecule has 0 aromatic heterocycles. The number of piperidine rings is 1. The van der Waals surface area contributed by atoms with Crippen molar-refractivity contribution in [1.82, 2.24) is 10.6 Å². The summed E-state index contributed by atoms with van der Waals surface area (Å²) in [5.41, 5.74) is -0.0296. The van der Waals surface area contributed by atoms with Gasteiger partial charge in [0.05, 0.1) is 4.92 Å². The molecule has 2 rings (SSSR count). The van der Waals surface area contributed by atoms with E-state index in [1.165, 1.54) is 12.1 Å². The van der Waals surface area contributed by atoms with Crippen molar-refractivity contribution in [1.29, 1.82) is 0 Å². The number of hydrogen-bond donors (Lipinski definition) is 2. The molecule has 0 spiro atoms. The van der Waals surface area contributed by atoms with Gasteiger partial charge in [-0.3, -0.25) is 14.9 Å². The van der Waals surface area contributed by atoms with E-state index in [1.54, 1.807) is 12.1 Å². The highest BCUT2D eigenvalue weighted by atomic mass is 35.5. The number of hydrogen-bond acceptors (Lipinski definition) is 4. The molecule has 0 bridgehead atoms. The number of nitro benzene ring substituents is 1. The number of nitro groups is 1. The van der Waals surface area contributed by atoms with Crippen LogP contribution in [0.2, 0.25) is 0 Å². The second-order valence-corrected chi connectivity index (χ2v) is 4.70. The highest BCUT2D eigenvalue weighted by Gasteiger charge is 2.20. The molecule has 1 saturated heterocycles. The van der Waals surface area contributed by atoms with Crippen LogP contribution in [0, 0.1) is 16.0 Å². The van der Waals surface area contributed by atoms with Crippen LogP contribution in [0.3, 0.4) is 0 Å². The van der Waals surface area contributed by atoms with Crippen molar-refractivity contribution in [2.75, 3.05) is 19.6 Å². The van der Waals surface area contributed by atoms with E-state index in [0.29, 0.717) is 12.5 Å². The zero-order chi connectivity index (χ0) is 13.7. The Morgan fingerprint density at radius 2 is 2.20 bits per heavy atom. The fraction of sp³-hybridized carbons (Fsp3) is 0.462. The van der Waals surface area contributed by atoms with Gasteiger partial charge in [0, 0.05) is 12.6 Å². The van der Waals surface area contributed by atoms with Crippen LogP contribution >= 0.6 is 12.4 Å². The van der Waals surface area contributed by atoms with Gasteiger partial charge in [0.15, 0.2) is 0 Å². The molecule has 1 amide bonds. The fourth-order valence-electron chi connectivity index (χ4n) is 2.26. The first-order chi connectivity index (χ1) is 9.18. The molecule has 0 aliphatic carbocycles. The lowest BCUT2D eigenvalue weighted by Gasteiger charge is -2.22. The van der Waals surface area contributed by atoms with Gasteiger partial charge < -0.3 is 10.6 Å². The van der Waals surface area contributed by atoms with Crippen molar-refractivity contribution < 1.29 is 9.72 Å². The topological polar surface area (TPSA) is 84.3 Å². The Labute approximate surface area is 123 Å². The first-order valence-electron chi connectivity index (χ1n) is 6.41. The number of halogens is 1. The van der Waals surface area contributed by atoms with Gasteiger partial charge in [0.2, 0.25) is 0 Å². The monoisotopic (exact) mass is 299 g/mol. The predicted molar refractivity (Wildman–Crippen MR) is 78.3 cm³/mol. The molecule has 1 atom stereocenters. The third kappa shape index (κ3) is 4.18. The molecule has 1 aromatic carbocycles. The van der Waals surface area contributed by atoms with Crippen LogP contribution in [-0.4, -0.2) is 30.5 Å². The lowest BCUT2D eigenvalue weighted by atomic mass is 9.99. The summed E-state index contributed by atoms with van der Waals surface area (Å²) in [6.45, 7) is 2.46. The minimum Gasteiger partial charge on any atom is -0.351 e. The molecule has 1 aliphatic heterocycles. The van der Waals surface area contributed by atoms with Gasteiger partial charge in [-0.25, -0.2) is 0 Å². The van der Waals surface area contributed by atoms with E-state index < -0.39 is 4.92 Å². The minimum absolute atomic E-state index is 0. The summed E-state index contributed by atoms with van der Waals surface area (Å²) in [5.74, 6) is 0.0262. The Hall–Kier alpha value is -1.66. The minimum atomic E-state index is -0.531. The number of carbonyl (C=O) groups excluding carboxylic acids is 1. The maximum absolute atomic E-state index is 12.0. The Balaban J connectivity index is 0.00000200. The smallest absolute Gasteiger partial charge is 0.282 e. The lowest BCUT2D eigenvalue weighted by Crippen LogP contribution is -2.38. The summed E-state index contributed by atoms with van der Waals surface area (Å²) >= 11 is 0. The van der Waals surface area contributed by atoms with Crippen molar-refractivity contribution in [2.45, 2.75) is 12.8 Å². The van der Waals surface area contributed by atoms with Crippen molar-refractivity contribution in [2.24, 2.45) is 5.92 Å². The second kappa shape index (κ2) is 7.81. The van der Waals surface area contributed by atoms with Gasteiger partial charge in [-0.1, -0.05) is 12.1 Å². The average Bonchev–Trinajstić information content (AvgIpc) is 2.46. The first-order valence-corrected chi connectivity index (χ1v) is 6.41. The van der Waals surface area contributed by atoms with Gasteiger partial charge >= 0.3 is 0 Å². The SMILES string of the molecule is Cl.O=C(NCC1CCCNC1)c1ccccc1[N+](=O)[O-]. The molecule has 1 aromatic rings. The Morgan fingerprint density at radius 3 is 2.85 bits per heavy atom. The van der Waals surface area contributed by atoms with E-state index in [1.807, 2.05) is 0 Å². The number of rotatable bonds is 4. The van der Waals surface area contributed by atoms with Crippen LogP contribution in [0.1, 0.15) is 23.2 Å². The van der Waals surface area contributed by atoms with Gasteiger partial charge in [0.1, 0.15) is 5.56 Å². The summed E-state index contributed by atoms with van der Waals surface area (Å²) in [6.07, 6.45) is 2.18. The molecular formula is C13H18ClN3O3. The fourth-order valence-corrected chi connectivity index (χ4v) is 2.26. The number of carbonyl (C=O) groups is 1. The van der Waals surface area contributed by atoms with Crippen LogP contribution in [0.5, 0.6) is 0 Å². The van der Waals surface area contributed by atoms with Crippen molar-refractivity contribution in [3.05, 3.63) is 39.9 Å². The molecule has 0 saturated carbocycles. The first kappa shape index (κ1) is 16.4. The normalized spacial score (nSPS) is 17.9. The largest absolute Gasteiger partial charge is 0.351 e. The molecule has 0 radical (unpaired) electrons. The number of amides is 1. The molecule has 1 heterocycles. The summed E-state index contributed by atoms with van der Waals surface area (Å²) in [4.78, 5) is 22.3. The summed E-state index contributed by atoms with van der Waals surface area (Å²) in [6, 6.07) is 6.01. The van der Waals surface area contributed by atoms with E-state index in [4.69, 9.17) is 0 Å². The molecule has 7 heteroatoms. The van der Waals surface area contributed by atoms with Crippen LogP contribution in [0.4, 0.5) is 5.69 Å². The molecule has 1 unspecified atom stereocenters. The standard InChI is InChI=1S/C13H17N3O3.ClH/c17-13(15-9-10-4-3-7-14-8-10)11-5-1-2-6-12(11)16(18)19;/h1-2,5-6,10,14H,3-4,7-9H2,(H,15,17);1H. The number of para-hydroxylation sites is 1. The number of benzene rings is 1. The third-order valence-electron chi connectivity index (χ3n) is 3.30. The lowest BCUT2D eigenvalue weighted by molar-refractivity contribution is -0.385. The zero-order valence-corrected chi connectivity index (χ0v) is 11.8. The highest BCUT2D eigenvalue weighted by Crippen LogP contribution is 2.17. The molecule has 2 N–H and O–H groups in total. The molecule has 1 aliphatic rings. The third-order valence-corrected chi connectivity index (χ3v) is 3.30. The number of nitrogens with zero attached hydrogens (tertiary/aromatic N) is 1. The van der Waals surface area contributed by atoms with Crippen LogP contribution in [-0.2, 0) is 0 Å². The second-order valence-electron chi connectivity index (χ2n) is 4.70. The van der Waals surface area contributed by atoms with Gasteiger partial charge in [0.25, 0.3) is 11.6 Å². The van der Waals surface area contributed by atoms with E-state index in [0.717, 1.165) is 25.9 Å². The van der Waals surface area contributed by atoms with E-state index >= 15 is 0 Å². The molecule has 20 heavy (non-hydrogen) atoms. The van der Waals surface area contributed by atoms with Crippen LogP contribution in [0.15, 0.2) is 24.3 Å². The van der Waals surface area contributed by atoms with Crippen molar-refractivity contribution in [3.63, 3.8) is 0 Å². The Bertz CT molecular complexity index is 476.